The van der Waals surface area contributed by atoms with E-state index in [4.69, 9.17) is 0 Å². The Hall–Kier alpha value is 2.00. The molecule has 0 aromatic carbocycles. The first-order valence-corrected chi connectivity index (χ1v) is 1.71. The van der Waals surface area contributed by atoms with Crippen molar-refractivity contribution >= 4 is 0 Å². The van der Waals surface area contributed by atoms with E-state index in [0.29, 0.717) is 0 Å². The first kappa shape index (κ1) is 23.0. The van der Waals surface area contributed by atoms with Gasteiger partial charge in [0.05, 0.1) is 0 Å². The van der Waals surface area contributed by atoms with Crippen LogP contribution in [0.15, 0.2) is 0 Å². The van der Waals surface area contributed by atoms with Gasteiger partial charge in [-0.15, -0.1) is 0 Å². The van der Waals surface area contributed by atoms with Crippen molar-refractivity contribution in [2.75, 3.05) is 0 Å². The van der Waals surface area contributed by atoms with Crippen molar-refractivity contribution in [3.8, 4) is 0 Å². The van der Waals surface area contributed by atoms with Gasteiger partial charge in [-0.05, 0) is 0 Å². The molecule has 0 aliphatic rings. The SMILES string of the molecule is [CH2-]CCC.[CH3-].[Na+].[Na+]. The van der Waals surface area contributed by atoms with E-state index in [-0.39, 0.29) is 66.5 Å². The average molecular weight is 118 g/mol. The van der Waals surface area contributed by atoms with Crippen LogP contribution in [0.25, 0.3) is 0 Å². The van der Waals surface area contributed by atoms with Gasteiger partial charge in [-0.25, -0.2) is 0 Å². The molecule has 0 aliphatic carbocycles. The fourth-order valence-corrected chi connectivity index (χ4v) is 0. The van der Waals surface area contributed by atoms with E-state index in [1.165, 1.54) is 6.42 Å². The summed E-state index contributed by atoms with van der Waals surface area (Å²) < 4.78 is 0. The van der Waals surface area contributed by atoms with E-state index in [1.807, 2.05) is 0 Å². The van der Waals surface area contributed by atoms with Crippen molar-refractivity contribution in [1.29, 1.82) is 0 Å². The first-order chi connectivity index (χ1) is 1.91. The second-order valence-corrected chi connectivity index (χ2v) is 0.854. The molecule has 0 aromatic heterocycles. The minimum absolute atomic E-state index is 0. The van der Waals surface area contributed by atoms with Crippen molar-refractivity contribution in [2.24, 2.45) is 0 Å². The zero-order valence-corrected chi connectivity index (χ0v) is 10.1. The molecule has 0 amide bonds. The van der Waals surface area contributed by atoms with Crippen LogP contribution in [0.1, 0.15) is 19.8 Å². The van der Waals surface area contributed by atoms with Crippen LogP contribution in [0.4, 0.5) is 0 Å². The zero-order valence-electron chi connectivity index (χ0n) is 6.12. The maximum absolute atomic E-state index is 3.60. The molecule has 0 nitrogen and oxygen atoms in total. The van der Waals surface area contributed by atoms with Crippen LogP contribution in [0, 0.1) is 14.4 Å². The number of unbranched alkanes of at least 4 members (excludes halogenated alkanes) is 1. The summed E-state index contributed by atoms with van der Waals surface area (Å²) in [6, 6.07) is 0. The molecule has 0 fully saturated rings. The molecule has 0 aliphatic heterocycles. The minimum atomic E-state index is 0. The van der Waals surface area contributed by atoms with Crippen LogP contribution in [-0.4, -0.2) is 0 Å². The molecule has 0 atom stereocenters. The molecule has 34 valence electrons. The normalized spacial score (nSPS) is 4.29. The molecular formula is C5H12Na2. The maximum atomic E-state index is 3.60. The van der Waals surface area contributed by atoms with Crippen LogP contribution >= 0.6 is 0 Å². The fourth-order valence-electron chi connectivity index (χ4n) is 0. The standard InChI is InChI=1S/C4H9.CH3.2Na/c1-3-4-2;;;/h1,3-4H2,2H3;1H3;;/q2*-1;2*+1. The minimum Gasteiger partial charge on any atom is -0.358 e. The quantitative estimate of drug-likeness (QED) is 0.244. The molecule has 0 heterocycles. The van der Waals surface area contributed by atoms with E-state index >= 15 is 0 Å². The second kappa shape index (κ2) is 24.5. The van der Waals surface area contributed by atoms with Gasteiger partial charge in [0, 0.05) is 0 Å². The van der Waals surface area contributed by atoms with Gasteiger partial charge >= 0.3 is 59.1 Å². The molecule has 0 saturated heterocycles. The first-order valence-electron chi connectivity index (χ1n) is 1.71. The smallest absolute Gasteiger partial charge is 0.358 e. The fraction of sp³-hybridized carbons (Fsp3) is 0.600. The van der Waals surface area contributed by atoms with Gasteiger partial charge in [0.1, 0.15) is 0 Å². The van der Waals surface area contributed by atoms with E-state index in [9.17, 15) is 0 Å². The predicted octanol–water partition coefficient (Wildman–Crippen LogP) is -3.92. The summed E-state index contributed by atoms with van der Waals surface area (Å²) in [6.45, 7) is 5.72. The van der Waals surface area contributed by atoms with E-state index in [0.717, 1.165) is 6.42 Å². The Morgan fingerprint density at radius 3 is 1.43 bits per heavy atom. The largest absolute Gasteiger partial charge is 1.00 e. The third-order valence-electron chi connectivity index (χ3n) is 0.354. The van der Waals surface area contributed by atoms with Crippen molar-refractivity contribution < 1.29 is 59.1 Å². The zero-order chi connectivity index (χ0) is 3.41. The van der Waals surface area contributed by atoms with Gasteiger partial charge in [-0.2, -0.15) is 6.42 Å². The molecule has 7 heavy (non-hydrogen) atoms. The molecule has 0 N–H and O–H groups in total. The van der Waals surface area contributed by atoms with Crippen molar-refractivity contribution in [3.05, 3.63) is 14.4 Å². The summed E-state index contributed by atoms with van der Waals surface area (Å²) in [5.41, 5.74) is 0. The summed E-state index contributed by atoms with van der Waals surface area (Å²) in [7, 11) is 0. The molecule has 0 aromatic rings. The maximum Gasteiger partial charge on any atom is 1.00 e. The molecule has 0 saturated carbocycles. The van der Waals surface area contributed by atoms with E-state index in [1.54, 1.807) is 0 Å². The number of hydrogen-bond donors (Lipinski definition) is 0. The van der Waals surface area contributed by atoms with Crippen molar-refractivity contribution in [2.45, 2.75) is 19.8 Å². The summed E-state index contributed by atoms with van der Waals surface area (Å²) in [6.07, 6.45) is 2.28. The molecule has 0 bridgehead atoms. The monoisotopic (exact) mass is 118 g/mol. The Labute approximate surface area is 92.0 Å². The van der Waals surface area contributed by atoms with Crippen LogP contribution in [-0.2, 0) is 0 Å². The Balaban J connectivity index is -0.0000000150. The van der Waals surface area contributed by atoms with Gasteiger partial charge in [-0.1, -0.05) is 13.3 Å². The van der Waals surface area contributed by atoms with Crippen LogP contribution in [0.3, 0.4) is 0 Å². The summed E-state index contributed by atoms with van der Waals surface area (Å²) in [4.78, 5) is 0. The predicted molar refractivity (Wildman–Crippen MR) is 26.7 cm³/mol. The van der Waals surface area contributed by atoms with Crippen LogP contribution in [0.5, 0.6) is 0 Å². The average Bonchev–Trinajstić information content (AvgIpc) is 1.37. The Morgan fingerprint density at radius 2 is 1.43 bits per heavy atom. The van der Waals surface area contributed by atoms with Gasteiger partial charge < -0.3 is 14.4 Å². The Morgan fingerprint density at radius 1 is 1.29 bits per heavy atom. The molecule has 2 heteroatoms. The second-order valence-electron chi connectivity index (χ2n) is 0.854. The van der Waals surface area contributed by atoms with Crippen LogP contribution < -0.4 is 59.1 Å². The van der Waals surface area contributed by atoms with Gasteiger partial charge in [0.15, 0.2) is 0 Å². The third-order valence-corrected chi connectivity index (χ3v) is 0.354. The van der Waals surface area contributed by atoms with Crippen LogP contribution in [0.2, 0.25) is 0 Å². The molecule has 0 rings (SSSR count). The van der Waals surface area contributed by atoms with Gasteiger partial charge in [0.2, 0.25) is 0 Å². The van der Waals surface area contributed by atoms with E-state index < -0.39 is 0 Å². The number of hydrogen-bond acceptors (Lipinski definition) is 0. The number of rotatable bonds is 1. The van der Waals surface area contributed by atoms with E-state index in [2.05, 4.69) is 13.8 Å². The summed E-state index contributed by atoms with van der Waals surface area (Å²) >= 11 is 0. The van der Waals surface area contributed by atoms with Crippen molar-refractivity contribution in [3.63, 3.8) is 0 Å². The molecule has 0 spiro atoms. The summed E-state index contributed by atoms with van der Waals surface area (Å²) in [5.74, 6) is 0. The van der Waals surface area contributed by atoms with Gasteiger partial charge in [-0.3, -0.25) is 0 Å². The Bertz CT molecular complexity index is 8.04. The molecular weight excluding hydrogens is 106 g/mol. The molecule has 0 unspecified atom stereocenters. The third kappa shape index (κ3) is 32.0. The topological polar surface area (TPSA) is 0 Å². The van der Waals surface area contributed by atoms with Crippen molar-refractivity contribution in [1.82, 2.24) is 0 Å². The Kier molecular flexibility index (Phi) is 80.6. The summed E-state index contributed by atoms with van der Waals surface area (Å²) in [5, 5.41) is 0. The molecule has 0 radical (unpaired) electrons. The van der Waals surface area contributed by atoms with Gasteiger partial charge in [0.25, 0.3) is 0 Å².